The van der Waals surface area contributed by atoms with Gasteiger partial charge in [-0.3, -0.25) is 4.79 Å². The SMILES string of the molecule is Cc1ccn(-c2ccc(Oc3ccc(NC(=O)COc4ccc(Cl)cc4)cc3)nn2)n1. The fraction of sp³-hybridized carbons (Fsp3) is 0.0909. The summed E-state index contributed by atoms with van der Waals surface area (Å²) in [6.45, 7) is 1.79. The number of halogens is 1. The van der Waals surface area contributed by atoms with Crippen LogP contribution in [0.25, 0.3) is 5.82 Å². The van der Waals surface area contributed by atoms with Crippen molar-refractivity contribution in [2.75, 3.05) is 11.9 Å². The van der Waals surface area contributed by atoms with Gasteiger partial charge in [-0.15, -0.1) is 10.2 Å². The number of hydrogen-bond donors (Lipinski definition) is 1. The number of carbonyl (C=O) groups excluding carboxylic acids is 1. The van der Waals surface area contributed by atoms with Crippen molar-refractivity contribution in [1.82, 2.24) is 20.0 Å². The summed E-state index contributed by atoms with van der Waals surface area (Å²) in [6, 6.07) is 19.1. The van der Waals surface area contributed by atoms with Gasteiger partial charge in [0, 0.05) is 23.0 Å². The molecule has 0 aliphatic rings. The molecule has 1 N–H and O–H groups in total. The van der Waals surface area contributed by atoms with Crippen LogP contribution < -0.4 is 14.8 Å². The normalized spacial score (nSPS) is 10.5. The standard InChI is InChI=1S/C22H18ClN5O3/c1-15-12-13-28(27-15)20-10-11-22(26-25-20)31-19-8-4-17(5-9-19)24-21(29)14-30-18-6-2-16(23)3-7-18/h2-13H,14H2,1H3,(H,24,29). The van der Waals surface area contributed by atoms with Crippen molar-refractivity contribution in [3.8, 4) is 23.2 Å². The first-order valence-corrected chi connectivity index (χ1v) is 9.75. The summed E-state index contributed by atoms with van der Waals surface area (Å²) >= 11 is 5.82. The Morgan fingerprint density at radius 1 is 0.968 bits per heavy atom. The molecular weight excluding hydrogens is 418 g/mol. The van der Waals surface area contributed by atoms with Gasteiger partial charge in [-0.1, -0.05) is 11.6 Å². The number of carbonyl (C=O) groups is 1. The Morgan fingerprint density at radius 2 is 1.71 bits per heavy atom. The fourth-order valence-electron chi connectivity index (χ4n) is 2.64. The van der Waals surface area contributed by atoms with Crippen molar-refractivity contribution in [2.45, 2.75) is 6.92 Å². The first-order valence-electron chi connectivity index (χ1n) is 9.38. The van der Waals surface area contributed by atoms with E-state index in [0.717, 1.165) is 5.69 Å². The first-order chi connectivity index (χ1) is 15.0. The van der Waals surface area contributed by atoms with Crippen LogP contribution in [0.1, 0.15) is 5.69 Å². The fourth-order valence-corrected chi connectivity index (χ4v) is 2.76. The molecule has 2 aromatic carbocycles. The molecule has 0 radical (unpaired) electrons. The molecule has 0 fully saturated rings. The molecule has 0 aliphatic heterocycles. The predicted octanol–water partition coefficient (Wildman–Crippen LogP) is 4.43. The van der Waals surface area contributed by atoms with E-state index in [9.17, 15) is 4.79 Å². The quantitative estimate of drug-likeness (QED) is 0.461. The van der Waals surface area contributed by atoms with Crippen molar-refractivity contribution in [3.05, 3.63) is 83.6 Å². The number of rotatable bonds is 7. The van der Waals surface area contributed by atoms with E-state index in [1.807, 2.05) is 19.2 Å². The molecule has 31 heavy (non-hydrogen) atoms. The zero-order valence-corrected chi connectivity index (χ0v) is 17.3. The van der Waals surface area contributed by atoms with E-state index < -0.39 is 0 Å². The van der Waals surface area contributed by atoms with Crippen LogP contribution in [0.4, 0.5) is 5.69 Å². The smallest absolute Gasteiger partial charge is 0.262 e. The maximum Gasteiger partial charge on any atom is 0.262 e. The maximum atomic E-state index is 12.1. The number of nitrogens with zero attached hydrogens (tertiary/aromatic N) is 4. The highest BCUT2D eigenvalue weighted by Gasteiger charge is 2.06. The Labute approximate surface area is 183 Å². The molecule has 8 nitrogen and oxygen atoms in total. The lowest BCUT2D eigenvalue weighted by molar-refractivity contribution is -0.118. The van der Waals surface area contributed by atoms with Crippen molar-refractivity contribution in [1.29, 1.82) is 0 Å². The van der Waals surface area contributed by atoms with Crippen molar-refractivity contribution < 1.29 is 14.3 Å². The zero-order chi connectivity index (χ0) is 21.6. The molecule has 156 valence electrons. The van der Waals surface area contributed by atoms with Crippen LogP contribution in [0, 0.1) is 6.92 Å². The number of aryl methyl sites for hydroxylation is 1. The molecule has 0 aliphatic carbocycles. The van der Waals surface area contributed by atoms with Crippen LogP contribution in [0.2, 0.25) is 5.02 Å². The molecule has 0 saturated heterocycles. The van der Waals surface area contributed by atoms with Gasteiger partial charge in [0.15, 0.2) is 12.4 Å². The van der Waals surface area contributed by atoms with E-state index in [1.54, 1.807) is 65.3 Å². The van der Waals surface area contributed by atoms with Crippen molar-refractivity contribution in [2.24, 2.45) is 0 Å². The third kappa shape index (κ3) is 5.58. The molecule has 0 unspecified atom stereocenters. The second-order valence-corrected chi connectivity index (χ2v) is 6.99. The molecule has 0 bridgehead atoms. The summed E-state index contributed by atoms with van der Waals surface area (Å²) in [4.78, 5) is 12.1. The highest BCUT2D eigenvalue weighted by molar-refractivity contribution is 6.30. The summed E-state index contributed by atoms with van der Waals surface area (Å²) in [5.41, 5.74) is 1.51. The number of aromatic nitrogens is 4. The monoisotopic (exact) mass is 435 g/mol. The van der Waals surface area contributed by atoms with Gasteiger partial charge in [0.2, 0.25) is 5.88 Å². The van der Waals surface area contributed by atoms with Gasteiger partial charge < -0.3 is 14.8 Å². The van der Waals surface area contributed by atoms with Crippen LogP contribution >= 0.6 is 11.6 Å². The van der Waals surface area contributed by atoms with Gasteiger partial charge in [0.25, 0.3) is 5.91 Å². The van der Waals surface area contributed by atoms with Crippen LogP contribution in [0.3, 0.4) is 0 Å². The first kappa shape index (κ1) is 20.4. The summed E-state index contributed by atoms with van der Waals surface area (Å²) in [5.74, 6) is 1.80. The number of hydrogen-bond acceptors (Lipinski definition) is 6. The minimum atomic E-state index is -0.279. The Hall–Kier alpha value is -3.91. The van der Waals surface area contributed by atoms with Crippen LogP contribution in [-0.2, 0) is 4.79 Å². The number of amides is 1. The highest BCUT2D eigenvalue weighted by atomic mass is 35.5. The average Bonchev–Trinajstić information content (AvgIpc) is 3.21. The van der Waals surface area contributed by atoms with E-state index in [4.69, 9.17) is 21.1 Å². The molecule has 4 aromatic rings. The number of nitrogens with one attached hydrogen (secondary N) is 1. The molecule has 1 amide bonds. The predicted molar refractivity (Wildman–Crippen MR) is 116 cm³/mol. The largest absolute Gasteiger partial charge is 0.484 e. The maximum absolute atomic E-state index is 12.1. The molecule has 9 heteroatoms. The van der Waals surface area contributed by atoms with Gasteiger partial charge in [0.1, 0.15) is 11.5 Å². The topological polar surface area (TPSA) is 91.2 Å². The zero-order valence-electron chi connectivity index (χ0n) is 16.5. The lowest BCUT2D eigenvalue weighted by atomic mass is 10.3. The minimum absolute atomic E-state index is 0.113. The van der Waals surface area contributed by atoms with E-state index in [1.165, 1.54) is 0 Å². The van der Waals surface area contributed by atoms with Gasteiger partial charge in [-0.05, 0) is 67.6 Å². The van der Waals surface area contributed by atoms with Gasteiger partial charge >= 0.3 is 0 Å². The summed E-state index contributed by atoms with van der Waals surface area (Å²) in [7, 11) is 0. The third-order valence-electron chi connectivity index (χ3n) is 4.13. The summed E-state index contributed by atoms with van der Waals surface area (Å²) in [5, 5.41) is 15.8. The Morgan fingerprint density at radius 3 is 2.35 bits per heavy atom. The van der Waals surface area contributed by atoms with Crippen molar-refractivity contribution in [3.63, 3.8) is 0 Å². The van der Waals surface area contributed by atoms with Crippen LogP contribution in [0.15, 0.2) is 72.9 Å². The molecule has 2 heterocycles. The van der Waals surface area contributed by atoms with E-state index in [0.29, 0.717) is 33.9 Å². The van der Waals surface area contributed by atoms with Crippen LogP contribution in [0.5, 0.6) is 17.4 Å². The Bertz CT molecular complexity index is 1160. The molecule has 0 spiro atoms. The Kier molecular flexibility index (Phi) is 6.09. The van der Waals surface area contributed by atoms with Crippen LogP contribution in [-0.4, -0.2) is 32.5 Å². The number of benzene rings is 2. The van der Waals surface area contributed by atoms with Gasteiger partial charge in [-0.2, -0.15) is 5.10 Å². The third-order valence-corrected chi connectivity index (χ3v) is 4.38. The van der Waals surface area contributed by atoms with Crippen molar-refractivity contribution >= 4 is 23.2 Å². The molecule has 0 saturated carbocycles. The number of ether oxygens (including phenoxy) is 2. The molecular formula is C22H18ClN5O3. The van der Waals surface area contributed by atoms with E-state index >= 15 is 0 Å². The highest BCUT2D eigenvalue weighted by Crippen LogP contribution is 2.22. The number of anilines is 1. The molecule has 2 aromatic heterocycles. The molecule has 4 rings (SSSR count). The summed E-state index contributed by atoms with van der Waals surface area (Å²) in [6.07, 6.45) is 1.81. The second kappa shape index (κ2) is 9.27. The lowest BCUT2D eigenvalue weighted by Crippen LogP contribution is -2.20. The summed E-state index contributed by atoms with van der Waals surface area (Å²) < 4.78 is 12.8. The average molecular weight is 436 g/mol. The minimum Gasteiger partial charge on any atom is -0.484 e. The lowest BCUT2D eigenvalue weighted by Gasteiger charge is -2.09. The molecule has 0 atom stereocenters. The van der Waals surface area contributed by atoms with E-state index in [-0.39, 0.29) is 12.5 Å². The van der Waals surface area contributed by atoms with E-state index in [2.05, 4.69) is 20.6 Å². The second-order valence-electron chi connectivity index (χ2n) is 6.55. The Balaban J connectivity index is 1.29. The van der Waals surface area contributed by atoms with Gasteiger partial charge in [0.05, 0.1) is 5.69 Å². The van der Waals surface area contributed by atoms with Gasteiger partial charge in [-0.25, -0.2) is 4.68 Å².